The number of phosphoric acid groups is 2. The zero-order valence-corrected chi connectivity index (χ0v) is 64.1. The second-order valence-electron chi connectivity index (χ2n) is 27.7. The highest BCUT2D eigenvalue weighted by molar-refractivity contribution is 7.47. The Bertz CT molecular complexity index is 1830. The summed E-state index contributed by atoms with van der Waals surface area (Å²) in [6.07, 6.45) is 62.4. The molecule has 0 saturated carbocycles. The Kier molecular flexibility index (Phi) is 70.0. The molecule has 2 unspecified atom stereocenters. The molecule has 3 N–H and O–H groups in total. The molecule has 0 spiro atoms. The van der Waals surface area contributed by atoms with Gasteiger partial charge in [-0.1, -0.05) is 362 Å². The molecule has 0 aliphatic heterocycles. The molecule has 0 aliphatic carbocycles. The van der Waals surface area contributed by atoms with Crippen molar-refractivity contribution >= 4 is 39.5 Å². The zero-order chi connectivity index (χ0) is 70.4. The van der Waals surface area contributed by atoms with Crippen LogP contribution >= 0.6 is 15.6 Å². The molecule has 0 saturated heterocycles. The molecule has 0 aliphatic rings. The van der Waals surface area contributed by atoms with Crippen LogP contribution in [0.3, 0.4) is 0 Å². The van der Waals surface area contributed by atoms with Gasteiger partial charge in [-0.25, -0.2) is 9.13 Å². The fourth-order valence-electron chi connectivity index (χ4n) is 11.9. The topological polar surface area (TPSA) is 237 Å². The van der Waals surface area contributed by atoms with Gasteiger partial charge in [-0.15, -0.1) is 0 Å². The van der Waals surface area contributed by atoms with E-state index in [9.17, 15) is 43.2 Å². The second kappa shape index (κ2) is 71.5. The summed E-state index contributed by atoms with van der Waals surface area (Å²) >= 11 is 0. The first-order chi connectivity index (χ1) is 46.7. The third-order valence-electron chi connectivity index (χ3n) is 18.1. The summed E-state index contributed by atoms with van der Waals surface area (Å²) < 4.78 is 68.5. The number of aliphatic hydroxyl groups excluding tert-OH is 1. The average molecular weight is 1410 g/mol. The van der Waals surface area contributed by atoms with E-state index in [1.807, 2.05) is 0 Å². The van der Waals surface area contributed by atoms with E-state index >= 15 is 0 Å². The maximum atomic E-state index is 13.1. The monoisotopic (exact) mass is 1410 g/mol. The molecule has 0 fully saturated rings. The molecule has 19 heteroatoms. The van der Waals surface area contributed by atoms with Gasteiger partial charge in [0.25, 0.3) is 0 Å². The molecule has 0 bridgehead atoms. The number of rotatable bonds is 78. The number of carbonyl (C=O) groups is 4. The summed E-state index contributed by atoms with van der Waals surface area (Å²) in [5, 5.41) is 10.6. The number of unbranched alkanes of at least 4 members (excludes halogenated alkanes) is 52. The molecule has 0 rings (SSSR count). The predicted molar refractivity (Wildman–Crippen MR) is 391 cm³/mol. The predicted octanol–water partition coefficient (Wildman–Crippen LogP) is 23.0. The Hall–Kier alpha value is -1.94. The van der Waals surface area contributed by atoms with Gasteiger partial charge in [0.1, 0.15) is 19.3 Å². The summed E-state index contributed by atoms with van der Waals surface area (Å²) in [7, 11) is -9.91. The number of phosphoric ester groups is 2. The van der Waals surface area contributed by atoms with E-state index in [0.29, 0.717) is 25.7 Å². The van der Waals surface area contributed by atoms with Gasteiger partial charge in [0, 0.05) is 25.7 Å². The van der Waals surface area contributed by atoms with Crippen LogP contribution in [-0.2, 0) is 65.4 Å². The average Bonchev–Trinajstić information content (AvgIpc) is 1.33. The minimum Gasteiger partial charge on any atom is -0.462 e. The molecular weight excluding hydrogens is 1260 g/mol. The molecule has 17 nitrogen and oxygen atoms in total. The first-order valence-electron chi connectivity index (χ1n) is 40.3. The van der Waals surface area contributed by atoms with Gasteiger partial charge in [0.15, 0.2) is 12.2 Å². The number of esters is 4. The van der Waals surface area contributed by atoms with Crippen LogP contribution in [0, 0.1) is 0 Å². The molecule has 0 aromatic rings. The van der Waals surface area contributed by atoms with E-state index in [-0.39, 0.29) is 25.7 Å². The highest BCUT2D eigenvalue weighted by Crippen LogP contribution is 2.45. The van der Waals surface area contributed by atoms with Crippen LogP contribution in [0.2, 0.25) is 0 Å². The molecular formula is C77H150O17P2. The van der Waals surface area contributed by atoms with E-state index in [0.717, 1.165) is 89.9 Å². The molecule has 0 heterocycles. The van der Waals surface area contributed by atoms with E-state index in [4.69, 9.17) is 37.0 Å². The van der Waals surface area contributed by atoms with E-state index in [2.05, 4.69) is 27.7 Å². The maximum Gasteiger partial charge on any atom is 0.472 e. The number of ether oxygens (including phenoxy) is 4. The Labute approximate surface area is 588 Å². The first-order valence-corrected chi connectivity index (χ1v) is 43.3. The first kappa shape index (κ1) is 94.1. The minimum absolute atomic E-state index is 0.109. The molecule has 0 aromatic carbocycles. The Morgan fingerprint density at radius 1 is 0.250 bits per heavy atom. The van der Waals surface area contributed by atoms with Crippen molar-refractivity contribution in [1.29, 1.82) is 0 Å². The van der Waals surface area contributed by atoms with Crippen LogP contribution < -0.4 is 0 Å². The lowest BCUT2D eigenvalue weighted by Gasteiger charge is -2.21. The van der Waals surface area contributed by atoms with Crippen molar-refractivity contribution in [2.45, 2.75) is 431 Å². The van der Waals surface area contributed by atoms with Gasteiger partial charge >= 0.3 is 39.5 Å². The highest BCUT2D eigenvalue weighted by Gasteiger charge is 2.30. The summed E-state index contributed by atoms with van der Waals surface area (Å²) in [5.74, 6) is -2.11. The van der Waals surface area contributed by atoms with Crippen LogP contribution in [0.15, 0.2) is 0 Å². The van der Waals surface area contributed by atoms with Crippen molar-refractivity contribution in [2.24, 2.45) is 0 Å². The van der Waals surface area contributed by atoms with Crippen LogP contribution in [0.4, 0.5) is 0 Å². The van der Waals surface area contributed by atoms with Crippen LogP contribution in [0.25, 0.3) is 0 Å². The Morgan fingerprint density at radius 2 is 0.417 bits per heavy atom. The van der Waals surface area contributed by atoms with Crippen molar-refractivity contribution in [3.63, 3.8) is 0 Å². The lowest BCUT2D eigenvalue weighted by molar-refractivity contribution is -0.161. The van der Waals surface area contributed by atoms with Crippen molar-refractivity contribution in [3.05, 3.63) is 0 Å². The largest absolute Gasteiger partial charge is 0.472 e. The Balaban J connectivity index is 5.21. The number of hydrogen-bond acceptors (Lipinski definition) is 15. The van der Waals surface area contributed by atoms with Gasteiger partial charge in [-0.05, 0) is 25.7 Å². The quantitative estimate of drug-likeness (QED) is 0.0222. The van der Waals surface area contributed by atoms with E-state index < -0.39 is 97.5 Å². The molecule has 0 radical (unpaired) electrons. The summed E-state index contributed by atoms with van der Waals surface area (Å²) in [4.78, 5) is 72.8. The maximum absolute atomic E-state index is 13.1. The van der Waals surface area contributed by atoms with Crippen molar-refractivity contribution in [1.82, 2.24) is 0 Å². The van der Waals surface area contributed by atoms with Crippen LogP contribution in [0.5, 0.6) is 0 Å². The fourth-order valence-corrected chi connectivity index (χ4v) is 13.5. The van der Waals surface area contributed by atoms with Gasteiger partial charge in [-0.3, -0.25) is 37.3 Å². The smallest absolute Gasteiger partial charge is 0.462 e. The standard InChI is InChI=1S/C77H150O17P2/c1-5-9-13-17-21-25-28-31-34-36-39-42-45-48-52-56-60-64-77(82)94-73(68-88-75(80)62-58-54-50-46-43-40-38-35-32-29-26-22-18-14-10-6-2)70-92-96(85,86)90-66-71(78)65-89-95(83,84)91-69-72(67-87-74(79)61-57-53-49-24-20-16-12-8-4)93-76(81)63-59-55-51-47-44-41-37-33-30-27-23-19-15-11-7-3/h71-73,78H,5-70H2,1-4H3,(H,83,84)(H,85,86)/t71-,72+,73+/m0/s1. The molecule has 570 valence electrons. The van der Waals surface area contributed by atoms with Gasteiger partial charge < -0.3 is 33.8 Å². The summed E-state index contributed by atoms with van der Waals surface area (Å²) in [6.45, 7) is 4.98. The van der Waals surface area contributed by atoms with Crippen LogP contribution in [-0.4, -0.2) is 96.7 Å². The fraction of sp³-hybridized carbons (Fsp3) is 0.948. The van der Waals surface area contributed by atoms with Crippen molar-refractivity contribution in [2.75, 3.05) is 39.6 Å². The van der Waals surface area contributed by atoms with E-state index in [1.54, 1.807) is 0 Å². The SMILES string of the molecule is CCCCCCCCCCCCCCCCCCCC(=O)O[C@H](COC(=O)CCCCCCCCCCCCCCCCCC)COP(=O)(O)OC[C@@H](O)COP(=O)(O)OC[C@@H](COC(=O)CCCCCCCCCC)OC(=O)CCCCCCCCCCCCCCCCC. The van der Waals surface area contributed by atoms with Gasteiger partial charge in [0.05, 0.1) is 26.4 Å². The van der Waals surface area contributed by atoms with Crippen molar-refractivity contribution in [3.8, 4) is 0 Å². The molecule has 0 aromatic heterocycles. The molecule has 5 atom stereocenters. The summed E-state index contributed by atoms with van der Waals surface area (Å²) in [6, 6.07) is 0. The lowest BCUT2D eigenvalue weighted by Crippen LogP contribution is -2.30. The Morgan fingerprint density at radius 3 is 0.615 bits per heavy atom. The highest BCUT2D eigenvalue weighted by atomic mass is 31.2. The number of carbonyl (C=O) groups excluding carboxylic acids is 4. The lowest BCUT2D eigenvalue weighted by atomic mass is 10.0. The number of hydrogen-bond donors (Lipinski definition) is 3. The van der Waals surface area contributed by atoms with Gasteiger partial charge in [0.2, 0.25) is 0 Å². The van der Waals surface area contributed by atoms with Gasteiger partial charge in [-0.2, -0.15) is 0 Å². The third-order valence-corrected chi connectivity index (χ3v) is 20.0. The minimum atomic E-state index is -4.96. The second-order valence-corrected chi connectivity index (χ2v) is 30.7. The normalized spacial score (nSPS) is 13.9. The van der Waals surface area contributed by atoms with E-state index in [1.165, 1.54) is 244 Å². The molecule has 96 heavy (non-hydrogen) atoms. The number of aliphatic hydroxyl groups is 1. The molecule has 0 amide bonds. The zero-order valence-electron chi connectivity index (χ0n) is 62.4. The van der Waals surface area contributed by atoms with Crippen molar-refractivity contribution < 1.29 is 80.2 Å². The van der Waals surface area contributed by atoms with Crippen LogP contribution in [0.1, 0.15) is 413 Å². The summed E-state index contributed by atoms with van der Waals surface area (Å²) in [5.41, 5.74) is 0. The third kappa shape index (κ3) is 70.5.